The first-order valence-electron chi connectivity index (χ1n) is 9.49. The van der Waals surface area contributed by atoms with Crippen LogP contribution >= 0.6 is 0 Å². The first-order chi connectivity index (χ1) is 13.4. The molecule has 0 aliphatic heterocycles. The number of ketones is 1. The lowest BCUT2D eigenvalue weighted by Crippen LogP contribution is -2.26. The van der Waals surface area contributed by atoms with Gasteiger partial charge in [-0.3, -0.25) is 9.59 Å². The Hall–Kier alpha value is -3.14. The van der Waals surface area contributed by atoms with Crippen LogP contribution in [0.5, 0.6) is 0 Å². The molecule has 1 aromatic heterocycles. The van der Waals surface area contributed by atoms with Gasteiger partial charge in [-0.25, -0.2) is 0 Å². The molecule has 1 N–H and O–H groups in total. The normalized spacial score (nSPS) is 11.8. The Balaban J connectivity index is 1.55. The highest BCUT2D eigenvalue weighted by Crippen LogP contribution is 2.22. The zero-order valence-electron chi connectivity index (χ0n) is 16.5. The predicted octanol–water partition coefficient (Wildman–Crippen LogP) is 5.27. The summed E-state index contributed by atoms with van der Waals surface area (Å²) in [5, 5.41) is 3.02. The van der Waals surface area contributed by atoms with E-state index in [1.165, 1.54) is 12.5 Å². The minimum atomic E-state index is -0.0801. The molecule has 3 rings (SSSR count). The summed E-state index contributed by atoms with van der Waals surface area (Å²) in [6.07, 6.45) is 0.788. The van der Waals surface area contributed by atoms with E-state index in [0.29, 0.717) is 29.9 Å². The van der Waals surface area contributed by atoms with E-state index in [1.54, 1.807) is 13.0 Å². The molecule has 2 aromatic carbocycles. The van der Waals surface area contributed by atoms with Gasteiger partial charge in [0.15, 0.2) is 5.78 Å². The molecule has 3 aromatic rings. The molecule has 4 heteroatoms. The molecule has 0 aliphatic carbocycles. The Kier molecular flexibility index (Phi) is 6.09. The van der Waals surface area contributed by atoms with Crippen molar-refractivity contribution in [2.24, 2.45) is 0 Å². The van der Waals surface area contributed by atoms with Crippen LogP contribution in [0.15, 0.2) is 65.1 Å². The third-order valence-electron chi connectivity index (χ3n) is 4.84. The standard InChI is InChI=1S/C24H25NO3/c1-16(19-9-11-21(12-10-19)20-7-5-4-6-8-20)25-24(27)14-13-22-15-23(17(2)26)18(3)28-22/h4-12,15-16H,13-14H2,1-3H3,(H,25,27)/t16-/m0/s1. The van der Waals surface area contributed by atoms with Crippen molar-refractivity contribution in [3.63, 3.8) is 0 Å². The average Bonchev–Trinajstić information content (AvgIpc) is 3.08. The first kappa shape index (κ1) is 19.6. The van der Waals surface area contributed by atoms with Gasteiger partial charge in [-0.1, -0.05) is 54.6 Å². The Morgan fingerprint density at radius 3 is 2.25 bits per heavy atom. The second-order valence-electron chi connectivity index (χ2n) is 7.02. The summed E-state index contributed by atoms with van der Waals surface area (Å²) >= 11 is 0. The summed E-state index contributed by atoms with van der Waals surface area (Å²) in [6, 6.07) is 20.1. The lowest BCUT2D eigenvalue weighted by atomic mass is 10.0. The van der Waals surface area contributed by atoms with Crippen LogP contribution in [-0.4, -0.2) is 11.7 Å². The number of furan rings is 1. The number of carbonyl (C=O) groups is 2. The fourth-order valence-electron chi connectivity index (χ4n) is 3.24. The number of nitrogens with one attached hydrogen (secondary N) is 1. The molecule has 4 nitrogen and oxygen atoms in total. The SMILES string of the molecule is CC(=O)c1cc(CCC(=O)N[C@@H](C)c2ccc(-c3ccccc3)cc2)oc1C. The lowest BCUT2D eigenvalue weighted by Gasteiger charge is -2.15. The molecular weight excluding hydrogens is 350 g/mol. The maximum Gasteiger partial charge on any atom is 0.220 e. The summed E-state index contributed by atoms with van der Waals surface area (Å²) in [6.45, 7) is 5.25. The van der Waals surface area contributed by atoms with Gasteiger partial charge >= 0.3 is 0 Å². The first-order valence-corrected chi connectivity index (χ1v) is 9.49. The van der Waals surface area contributed by atoms with Crippen LogP contribution in [0.1, 0.15) is 53.8 Å². The number of rotatable bonds is 7. The smallest absolute Gasteiger partial charge is 0.220 e. The van der Waals surface area contributed by atoms with E-state index < -0.39 is 0 Å². The molecule has 0 fully saturated rings. The van der Waals surface area contributed by atoms with Gasteiger partial charge in [-0.2, -0.15) is 0 Å². The van der Waals surface area contributed by atoms with Crippen LogP contribution in [0.3, 0.4) is 0 Å². The molecule has 0 radical (unpaired) electrons. The molecule has 1 amide bonds. The molecule has 1 atom stereocenters. The number of hydrogen-bond acceptors (Lipinski definition) is 3. The van der Waals surface area contributed by atoms with Gasteiger partial charge in [0.05, 0.1) is 11.6 Å². The summed E-state index contributed by atoms with van der Waals surface area (Å²) < 4.78 is 5.57. The van der Waals surface area contributed by atoms with Crippen LogP contribution in [0.2, 0.25) is 0 Å². The van der Waals surface area contributed by atoms with Gasteiger partial charge in [0.25, 0.3) is 0 Å². The number of hydrogen-bond donors (Lipinski definition) is 1. The third-order valence-corrected chi connectivity index (χ3v) is 4.84. The Morgan fingerprint density at radius 1 is 1.00 bits per heavy atom. The minimum absolute atomic E-state index is 0.0236. The van der Waals surface area contributed by atoms with Gasteiger partial charge in [-0.05, 0) is 43.5 Å². The van der Waals surface area contributed by atoms with Crippen LogP contribution < -0.4 is 5.32 Å². The lowest BCUT2D eigenvalue weighted by molar-refractivity contribution is -0.121. The molecule has 0 saturated heterocycles. The van der Waals surface area contributed by atoms with Crippen molar-refractivity contribution in [3.8, 4) is 11.1 Å². The second kappa shape index (κ2) is 8.70. The number of carbonyl (C=O) groups excluding carboxylic acids is 2. The summed E-state index contributed by atoms with van der Waals surface area (Å²) in [4.78, 5) is 23.8. The zero-order chi connectivity index (χ0) is 20.1. The van der Waals surface area contributed by atoms with E-state index >= 15 is 0 Å². The molecular formula is C24H25NO3. The Bertz CT molecular complexity index is 955. The summed E-state index contributed by atoms with van der Waals surface area (Å²) in [5.74, 6) is 1.20. The van der Waals surface area contributed by atoms with Crippen molar-refractivity contribution in [2.45, 2.75) is 39.7 Å². The number of benzene rings is 2. The fraction of sp³-hybridized carbons (Fsp3) is 0.250. The average molecular weight is 375 g/mol. The van der Waals surface area contributed by atoms with E-state index in [2.05, 4.69) is 29.6 Å². The highest BCUT2D eigenvalue weighted by molar-refractivity contribution is 5.95. The maximum atomic E-state index is 12.3. The van der Waals surface area contributed by atoms with Crippen LogP contribution in [0.4, 0.5) is 0 Å². The van der Waals surface area contributed by atoms with Gasteiger partial charge < -0.3 is 9.73 Å². The van der Waals surface area contributed by atoms with E-state index in [9.17, 15) is 9.59 Å². The maximum absolute atomic E-state index is 12.3. The van der Waals surface area contributed by atoms with E-state index in [0.717, 1.165) is 11.1 Å². The van der Waals surface area contributed by atoms with Gasteiger partial charge in [0.2, 0.25) is 5.91 Å². The molecule has 28 heavy (non-hydrogen) atoms. The molecule has 0 spiro atoms. The molecule has 0 aliphatic rings. The Morgan fingerprint density at radius 2 is 1.64 bits per heavy atom. The molecule has 0 unspecified atom stereocenters. The highest BCUT2D eigenvalue weighted by Gasteiger charge is 2.14. The quantitative estimate of drug-likeness (QED) is 0.573. The summed E-state index contributed by atoms with van der Waals surface area (Å²) in [7, 11) is 0. The van der Waals surface area contributed by atoms with E-state index in [1.807, 2.05) is 37.3 Å². The van der Waals surface area contributed by atoms with Gasteiger partial charge in [0.1, 0.15) is 11.5 Å². The number of aryl methyl sites for hydroxylation is 2. The minimum Gasteiger partial charge on any atom is -0.466 e. The van der Waals surface area contributed by atoms with Gasteiger partial charge in [0, 0.05) is 12.8 Å². The zero-order valence-corrected chi connectivity index (χ0v) is 16.5. The van der Waals surface area contributed by atoms with Crippen molar-refractivity contribution in [2.75, 3.05) is 0 Å². The number of Topliss-reactive ketones (excluding diaryl/α,β-unsaturated/α-hetero) is 1. The monoisotopic (exact) mass is 375 g/mol. The van der Waals surface area contributed by atoms with Crippen LogP contribution in [-0.2, 0) is 11.2 Å². The van der Waals surface area contributed by atoms with Crippen molar-refractivity contribution in [1.82, 2.24) is 5.32 Å². The van der Waals surface area contributed by atoms with Crippen LogP contribution in [0, 0.1) is 6.92 Å². The Labute approximate surface area is 165 Å². The largest absolute Gasteiger partial charge is 0.466 e. The molecule has 1 heterocycles. The van der Waals surface area contributed by atoms with Crippen LogP contribution in [0.25, 0.3) is 11.1 Å². The summed E-state index contributed by atoms with van der Waals surface area (Å²) in [5.41, 5.74) is 3.96. The second-order valence-corrected chi connectivity index (χ2v) is 7.02. The third kappa shape index (κ3) is 4.77. The van der Waals surface area contributed by atoms with Crippen molar-refractivity contribution >= 4 is 11.7 Å². The van der Waals surface area contributed by atoms with E-state index in [-0.39, 0.29) is 17.7 Å². The van der Waals surface area contributed by atoms with Crippen molar-refractivity contribution in [3.05, 3.63) is 83.3 Å². The highest BCUT2D eigenvalue weighted by atomic mass is 16.3. The number of amides is 1. The molecule has 0 saturated carbocycles. The van der Waals surface area contributed by atoms with Crippen molar-refractivity contribution in [1.29, 1.82) is 0 Å². The molecule has 144 valence electrons. The molecule has 0 bridgehead atoms. The van der Waals surface area contributed by atoms with E-state index in [4.69, 9.17) is 4.42 Å². The topological polar surface area (TPSA) is 59.3 Å². The fourth-order valence-corrected chi connectivity index (χ4v) is 3.24. The van der Waals surface area contributed by atoms with Crippen molar-refractivity contribution < 1.29 is 14.0 Å². The van der Waals surface area contributed by atoms with Gasteiger partial charge in [-0.15, -0.1) is 0 Å². The predicted molar refractivity (Wildman–Crippen MR) is 110 cm³/mol.